The average Bonchev–Trinajstić information content (AvgIpc) is 1.97. The van der Waals surface area contributed by atoms with Crippen LogP contribution >= 0.6 is 0 Å². The van der Waals surface area contributed by atoms with E-state index in [-0.39, 0.29) is 0 Å². The molecule has 0 aromatic rings. The average molecular weight is 154 g/mol. The van der Waals surface area contributed by atoms with Crippen molar-refractivity contribution in [1.29, 1.82) is 0 Å². The molecule has 0 fully saturated rings. The highest BCUT2D eigenvalue weighted by molar-refractivity contribution is 4.88. The molecule has 11 heavy (non-hydrogen) atoms. The summed E-state index contributed by atoms with van der Waals surface area (Å²) in [7, 11) is 0. The maximum Gasteiger partial charge on any atom is -0.0211 e. The second kappa shape index (κ2) is 6.45. The molecule has 1 atom stereocenters. The maximum absolute atomic E-state index is 2.38. The first-order valence-electron chi connectivity index (χ1n) is 4.89. The molecular formula is C11H22. The number of hydrogen-bond donors (Lipinski definition) is 0. The van der Waals surface area contributed by atoms with Crippen LogP contribution in [0.3, 0.4) is 0 Å². The van der Waals surface area contributed by atoms with Crippen molar-refractivity contribution in [1.82, 2.24) is 0 Å². The van der Waals surface area contributed by atoms with Crippen LogP contribution in [0.1, 0.15) is 47.0 Å². The Bertz CT molecular complexity index is 101. The van der Waals surface area contributed by atoms with Gasteiger partial charge in [0.25, 0.3) is 0 Å². The van der Waals surface area contributed by atoms with Gasteiger partial charge in [-0.2, -0.15) is 0 Å². The van der Waals surface area contributed by atoms with Gasteiger partial charge >= 0.3 is 0 Å². The summed E-state index contributed by atoms with van der Waals surface area (Å²) in [6.07, 6.45) is 8.49. The Balaban J connectivity index is 3.78. The van der Waals surface area contributed by atoms with E-state index in [9.17, 15) is 0 Å². The Labute approximate surface area is 71.7 Å². The second-order valence-electron chi connectivity index (χ2n) is 3.53. The van der Waals surface area contributed by atoms with Crippen LogP contribution in [0, 0.1) is 11.8 Å². The fourth-order valence-corrected chi connectivity index (χ4v) is 1.30. The molecule has 0 aromatic carbocycles. The molecule has 0 spiro atoms. The zero-order valence-electron chi connectivity index (χ0n) is 8.43. The van der Waals surface area contributed by atoms with E-state index in [4.69, 9.17) is 0 Å². The van der Waals surface area contributed by atoms with Gasteiger partial charge in [0.2, 0.25) is 0 Å². The van der Waals surface area contributed by atoms with Crippen molar-refractivity contribution in [3.05, 3.63) is 12.2 Å². The third-order valence-corrected chi connectivity index (χ3v) is 2.10. The lowest BCUT2D eigenvalue weighted by Gasteiger charge is -2.15. The lowest BCUT2D eigenvalue weighted by atomic mass is 9.91. The third kappa shape index (κ3) is 5.06. The topological polar surface area (TPSA) is 0 Å². The fraction of sp³-hybridized carbons (Fsp3) is 0.818. The van der Waals surface area contributed by atoms with Crippen LogP contribution in [0.2, 0.25) is 0 Å². The monoisotopic (exact) mass is 154 g/mol. The number of allylic oxidation sites excluding steroid dienone is 2. The van der Waals surface area contributed by atoms with Crippen LogP contribution in [-0.2, 0) is 0 Å². The fourth-order valence-electron chi connectivity index (χ4n) is 1.30. The highest BCUT2D eigenvalue weighted by Crippen LogP contribution is 2.18. The van der Waals surface area contributed by atoms with Gasteiger partial charge in [-0.05, 0) is 24.7 Å². The Kier molecular flexibility index (Phi) is 6.30. The first-order valence-corrected chi connectivity index (χ1v) is 4.89. The molecule has 0 aliphatic rings. The minimum atomic E-state index is 0.803. The highest BCUT2D eigenvalue weighted by atomic mass is 14.1. The smallest absolute Gasteiger partial charge is 0.0211 e. The Morgan fingerprint density at radius 1 is 1.18 bits per heavy atom. The third-order valence-electron chi connectivity index (χ3n) is 2.10. The molecule has 0 amide bonds. The predicted molar refractivity (Wildman–Crippen MR) is 52.7 cm³/mol. The summed E-state index contributed by atoms with van der Waals surface area (Å²) in [6, 6.07) is 0. The van der Waals surface area contributed by atoms with Crippen LogP contribution in [0.15, 0.2) is 12.2 Å². The molecule has 0 heterocycles. The Hall–Kier alpha value is -0.260. The van der Waals surface area contributed by atoms with Crippen molar-refractivity contribution >= 4 is 0 Å². The van der Waals surface area contributed by atoms with E-state index in [1.54, 1.807) is 0 Å². The first-order chi connectivity index (χ1) is 5.22. The van der Waals surface area contributed by atoms with E-state index in [0.29, 0.717) is 0 Å². The lowest BCUT2D eigenvalue weighted by Crippen LogP contribution is -2.04. The molecule has 0 aromatic heterocycles. The normalized spacial score (nSPS) is 14.6. The Morgan fingerprint density at radius 2 is 1.82 bits per heavy atom. The van der Waals surface area contributed by atoms with Crippen molar-refractivity contribution in [3.63, 3.8) is 0 Å². The number of rotatable bonds is 5. The minimum Gasteiger partial charge on any atom is -0.0885 e. The summed E-state index contributed by atoms with van der Waals surface area (Å²) in [5, 5.41) is 0. The summed E-state index contributed by atoms with van der Waals surface area (Å²) in [5.74, 6) is 1.61. The van der Waals surface area contributed by atoms with Crippen LogP contribution < -0.4 is 0 Å². The second-order valence-corrected chi connectivity index (χ2v) is 3.53. The van der Waals surface area contributed by atoms with Gasteiger partial charge in [-0.25, -0.2) is 0 Å². The molecule has 0 N–H and O–H groups in total. The lowest BCUT2D eigenvalue weighted by molar-refractivity contribution is 0.431. The first kappa shape index (κ1) is 10.7. The minimum absolute atomic E-state index is 0.803. The van der Waals surface area contributed by atoms with Crippen LogP contribution in [-0.4, -0.2) is 0 Å². The SMILES string of the molecule is CCC=CC(CCC)C(C)C. The molecule has 0 radical (unpaired) electrons. The van der Waals surface area contributed by atoms with Gasteiger partial charge in [-0.1, -0.05) is 46.3 Å². The van der Waals surface area contributed by atoms with E-state index in [1.165, 1.54) is 19.3 Å². The van der Waals surface area contributed by atoms with Crippen LogP contribution in [0.5, 0.6) is 0 Å². The molecule has 0 nitrogen and oxygen atoms in total. The van der Waals surface area contributed by atoms with E-state index < -0.39 is 0 Å². The maximum atomic E-state index is 2.38. The highest BCUT2D eigenvalue weighted by Gasteiger charge is 2.06. The van der Waals surface area contributed by atoms with Gasteiger partial charge < -0.3 is 0 Å². The summed E-state index contributed by atoms with van der Waals surface area (Å²) in [5.41, 5.74) is 0. The molecule has 0 saturated heterocycles. The predicted octanol–water partition coefficient (Wildman–Crippen LogP) is 4.02. The molecule has 0 aliphatic heterocycles. The molecule has 0 bridgehead atoms. The zero-order valence-corrected chi connectivity index (χ0v) is 8.43. The molecule has 0 heteroatoms. The largest absolute Gasteiger partial charge is 0.0885 e. The zero-order chi connectivity index (χ0) is 8.69. The molecular weight excluding hydrogens is 132 g/mol. The van der Waals surface area contributed by atoms with Crippen LogP contribution in [0.25, 0.3) is 0 Å². The molecule has 1 unspecified atom stereocenters. The van der Waals surface area contributed by atoms with E-state index >= 15 is 0 Å². The standard InChI is InChI=1S/C11H22/c1-5-7-9-11(8-6-2)10(3)4/h7,9-11H,5-6,8H2,1-4H3. The van der Waals surface area contributed by atoms with Gasteiger partial charge in [-0.15, -0.1) is 0 Å². The molecule has 0 rings (SSSR count). The molecule has 0 saturated carbocycles. The van der Waals surface area contributed by atoms with Crippen LogP contribution in [0.4, 0.5) is 0 Å². The van der Waals surface area contributed by atoms with Crippen molar-refractivity contribution in [2.24, 2.45) is 11.8 Å². The van der Waals surface area contributed by atoms with Crippen molar-refractivity contribution in [3.8, 4) is 0 Å². The van der Waals surface area contributed by atoms with Crippen molar-refractivity contribution in [2.45, 2.75) is 47.0 Å². The summed E-state index contributed by atoms with van der Waals surface area (Å²) in [6.45, 7) is 9.07. The molecule has 66 valence electrons. The van der Waals surface area contributed by atoms with E-state index in [0.717, 1.165) is 11.8 Å². The molecule has 0 aliphatic carbocycles. The van der Waals surface area contributed by atoms with E-state index in [1.807, 2.05) is 0 Å². The van der Waals surface area contributed by atoms with Gasteiger partial charge in [0, 0.05) is 0 Å². The number of hydrogen-bond acceptors (Lipinski definition) is 0. The van der Waals surface area contributed by atoms with Gasteiger partial charge in [0.1, 0.15) is 0 Å². The summed E-state index contributed by atoms with van der Waals surface area (Å²) >= 11 is 0. The van der Waals surface area contributed by atoms with Gasteiger partial charge in [-0.3, -0.25) is 0 Å². The van der Waals surface area contributed by atoms with E-state index in [2.05, 4.69) is 39.8 Å². The quantitative estimate of drug-likeness (QED) is 0.524. The van der Waals surface area contributed by atoms with Crippen molar-refractivity contribution < 1.29 is 0 Å². The summed E-state index contributed by atoms with van der Waals surface area (Å²) in [4.78, 5) is 0. The summed E-state index contributed by atoms with van der Waals surface area (Å²) < 4.78 is 0. The van der Waals surface area contributed by atoms with Crippen molar-refractivity contribution in [2.75, 3.05) is 0 Å². The van der Waals surface area contributed by atoms with Gasteiger partial charge in [0.05, 0.1) is 0 Å². The Morgan fingerprint density at radius 3 is 2.18 bits per heavy atom. The van der Waals surface area contributed by atoms with Gasteiger partial charge in [0.15, 0.2) is 0 Å².